The maximum atomic E-state index is 6.18. The van der Waals surface area contributed by atoms with Crippen LogP contribution in [0.1, 0.15) is 27.7 Å². The summed E-state index contributed by atoms with van der Waals surface area (Å²) in [4.78, 5) is 0. The Hall–Kier alpha value is -1.50. The van der Waals surface area contributed by atoms with Crippen molar-refractivity contribution in [1.82, 2.24) is 0 Å². The summed E-state index contributed by atoms with van der Waals surface area (Å²) in [5, 5.41) is 2.14. The lowest BCUT2D eigenvalue weighted by Gasteiger charge is -2.32. The molecular formula is C19H26BO4Si. The van der Waals surface area contributed by atoms with Crippen molar-refractivity contribution in [3.05, 3.63) is 30.3 Å². The Kier molecular flexibility index (Phi) is 4.64. The Morgan fingerprint density at radius 3 is 2.16 bits per heavy atom. The van der Waals surface area contributed by atoms with Gasteiger partial charge in [-0.3, -0.25) is 0 Å². The third-order valence-electron chi connectivity index (χ3n) is 4.99. The van der Waals surface area contributed by atoms with Gasteiger partial charge >= 0.3 is 7.12 Å². The molecule has 2 aromatic rings. The van der Waals surface area contributed by atoms with Gasteiger partial charge in [-0.05, 0) is 57.7 Å². The molecule has 0 saturated carbocycles. The highest BCUT2D eigenvalue weighted by atomic mass is 28.3. The van der Waals surface area contributed by atoms with E-state index in [9.17, 15) is 0 Å². The number of rotatable bonds is 4. The van der Waals surface area contributed by atoms with Crippen LogP contribution in [-0.4, -0.2) is 34.5 Å². The molecule has 0 aromatic heterocycles. The van der Waals surface area contributed by atoms with Crippen molar-refractivity contribution in [3.63, 3.8) is 0 Å². The van der Waals surface area contributed by atoms with E-state index in [1.165, 1.54) is 0 Å². The lowest BCUT2D eigenvalue weighted by molar-refractivity contribution is 0.00578. The van der Waals surface area contributed by atoms with Crippen LogP contribution < -0.4 is 14.6 Å². The van der Waals surface area contributed by atoms with Crippen LogP contribution in [0.15, 0.2) is 30.3 Å². The second-order valence-electron chi connectivity index (χ2n) is 7.70. The molecule has 1 heterocycles. The molecule has 6 heteroatoms. The van der Waals surface area contributed by atoms with Crippen LogP contribution in [0, 0.1) is 0 Å². The molecule has 0 aliphatic carbocycles. The van der Waals surface area contributed by atoms with Crippen LogP contribution in [0.2, 0.25) is 13.1 Å². The van der Waals surface area contributed by atoms with E-state index in [0.29, 0.717) is 0 Å². The van der Waals surface area contributed by atoms with Gasteiger partial charge in [0.1, 0.15) is 11.5 Å². The van der Waals surface area contributed by atoms with Gasteiger partial charge in [-0.2, -0.15) is 0 Å². The minimum absolute atomic E-state index is 0.352. The first kappa shape index (κ1) is 18.3. The number of hydrogen-bond acceptors (Lipinski definition) is 4. The number of ether oxygens (including phenoxy) is 1. The molecule has 133 valence electrons. The van der Waals surface area contributed by atoms with Crippen LogP contribution in [0.4, 0.5) is 0 Å². The quantitative estimate of drug-likeness (QED) is 0.781. The largest absolute Gasteiger partial charge is 0.542 e. The summed E-state index contributed by atoms with van der Waals surface area (Å²) in [7, 11) is 0.409. The summed E-state index contributed by atoms with van der Waals surface area (Å²) in [6.07, 6.45) is 0. The molecular weight excluding hydrogens is 331 g/mol. The normalized spacial score (nSPS) is 18.8. The molecule has 0 bridgehead atoms. The van der Waals surface area contributed by atoms with Crippen molar-refractivity contribution in [1.29, 1.82) is 0 Å². The fourth-order valence-corrected chi connectivity index (χ4v) is 3.47. The highest BCUT2D eigenvalue weighted by molar-refractivity contribution is 6.62. The number of benzene rings is 2. The third-order valence-corrected chi connectivity index (χ3v) is 5.62. The first-order chi connectivity index (χ1) is 11.6. The molecule has 1 aliphatic rings. The van der Waals surface area contributed by atoms with Crippen molar-refractivity contribution in [2.45, 2.75) is 52.0 Å². The molecule has 1 radical (unpaired) electrons. The van der Waals surface area contributed by atoms with E-state index < -0.39 is 9.04 Å². The summed E-state index contributed by atoms with van der Waals surface area (Å²) in [6.45, 7) is 12.5. The Bertz CT molecular complexity index is 772. The SMILES string of the molecule is COc1cc(O[Si](C)C)c2cc(B3OC(C)(C)C(C)(C)O3)ccc2c1. The van der Waals surface area contributed by atoms with E-state index in [4.69, 9.17) is 18.5 Å². The predicted molar refractivity (Wildman–Crippen MR) is 104 cm³/mol. The van der Waals surface area contributed by atoms with E-state index in [-0.39, 0.29) is 18.3 Å². The zero-order valence-electron chi connectivity index (χ0n) is 16.1. The molecule has 1 aliphatic heterocycles. The number of methoxy groups -OCH3 is 1. The summed E-state index contributed by atoms with van der Waals surface area (Å²) in [5.74, 6) is 1.65. The molecule has 2 aromatic carbocycles. The van der Waals surface area contributed by atoms with Gasteiger partial charge in [-0.1, -0.05) is 18.2 Å². The maximum absolute atomic E-state index is 6.18. The molecule has 0 unspecified atom stereocenters. The zero-order valence-corrected chi connectivity index (χ0v) is 17.1. The van der Waals surface area contributed by atoms with Gasteiger partial charge in [-0.25, -0.2) is 0 Å². The summed E-state index contributed by atoms with van der Waals surface area (Å²) >= 11 is 0. The van der Waals surface area contributed by atoms with E-state index in [2.05, 4.69) is 59.0 Å². The molecule has 1 saturated heterocycles. The van der Waals surface area contributed by atoms with E-state index in [1.54, 1.807) is 7.11 Å². The van der Waals surface area contributed by atoms with Gasteiger partial charge in [0.25, 0.3) is 9.04 Å². The van der Waals surface area contributed by atoms with E-state index >= 15 is 0 Å². The standard InChI is InChI=1S/C19H26BO4Si/c1-18(2)19(3,4)24-20(23-18)14-9-8-13-10-15(21-5)12-17(16(13)11-14)22-25(6)7/h8-12H,1-7H3. The predicted octanol–water partition coefficient (Wildman–Crippen LogP) is 3.78. The van der Waals surface area contributed by atoms with Crippen molar-refractivity contribution in [3.8, 4) is 11.5 Å². The zero-order chi connectivity index (χ0) is 18.4. The molecule has 1 fully saturated rings. The van der Waals surface area contributed by atoms with Crippen molar-refractivity contribution >= 4 is 32.4 Å². The Morgan fingerprint density at radius 2 is 1.60 bits per heavy atom. The average molecular weight is 357 g/mol. The van der Waals surface area contributed by atoms with Gasteiger partial charge in [-0.15, -0.1) is 0 Å². The van der Waals surface area contributed by atoms with E-state index in [0.717, 1.165) is 27.7 Å². The highest BCUT2D eigenvalue weighted by Gasteiger charge is 2.51. The Morgan fingerprint density at radius 1 is 0.960 bits per heavy atom. The van der Waals surface area contributed by atoms with Crippen LogP contribution in [0.5, 0.6) is 11.5 Å². The Labute approximate surface area is 152 Å². The van der Waals surface area contributed by atoms with Gasteiger partial charge in [0, 0.05) is 11.5 Å². The lowest BCUT2D eigenvalue weighted by Crippen LogP contribution is -2.41. The molecule has 0 spiro atoms. The second kappa shape index (κ2) is 6.34. The fraction of sp³-hybridized carbons (Fsp3) is 0.474. The monoisotopic (exact) mass is 357 g/mol. The molecule has 0 atom stereocenters. The summed E-state index contributed by atoms with van der Waals surface area (Å²) < 4.78 is 23.9. The minimum atomic E-state index is -0.888. The van der Waals surface area contributed by atoms with Gasteiger partial charge < -0.3 is 18.5 Å². The molecule has 25 heavy (non-hydrogen) atoms. The van der Waals surface area contributed by atoms with Crippen LogP contribution >= 0.6 is 0 Å². The molecule has 3 rings (SSSR count). The number of hydrogen-bond donors (Lipinski definition) is 0. The van der Waals surface area contributed by atoms with Crippen molar-refractivity contribution in [2.24, 2.45) is 0 Å². The highest BCUT2D eigenvalue weighted by Crippen LogP contribution is 2.37. The van der Waals surface area contributed by atoms with Gasteiger partial charge in [0.05, 0.1) is 18.3 Å². The first-order valence-corrected chi connectivity index (χ1v) is 11.0. The smallest absolute Gasteiger partial charge is 0.494 e. The fourth-order valence-electron chi connectivity index (χ4n) is 2.86. The van der Waals surface area contributed by atoms with Crippen LogP contribution in [0.25, 0.3) is 10.8 Å². The first-order valence-electron chi connectivity index (χ1n) is 8.58. The summed E-state index contributed by atoms with van der Waals surface area (Å²) in [6, 6.07) is 10.2. The van der Waals surface area contributed by atoms with Crippen LogP contribution in [0.3, 0.4) is 0 Å². The number of fused-ring (bicyclic) bond motifs is 1. The van der Waals surface area contributed by atoms with Gasteiger partial charge in [0.15, 0.2) is 0 Å². The van der Waals surface area contributed by atoms with Crippen molar-refractivity contribution in [2.75, 3.05) is 7.11 Å². The molecule has 0 N–H and O–H groups in total. The third kappa shape index (κ3) is 3.43. The van der Waals surface area contributed by atoms with Crippen LogP contribution in [-0.2, 0) is 9.31 Å². The Balaban J connectivity index is 2.05. The maximum Gasteiger partial charge on any atom is 0.494 e. The minimum Gasteiger partial charge on any atom is -0.542 e. The second-order valence-corrected chi connectivity index (χ2v) is 9.73. The topological polar surface area (TPSA) is 36.9 Å². The molecule has 0 amide bonds. The summed E-state index contributed by atoms with van der Waals surface area (Å²) in [5.41, 5.74) is 0.297. The molecule has 4 nitrogen and oxygen atoms in total. The van der Waals surface area contributed by atoms with Gasteiger partial charge in [0.2, 0.25) is 0 Å². The average Bonchev–Trinajstić information content (AvgIpc) is 2.74. The lowest BCUT2D eigenvalue weighted by atomic mass is 9.78. The van der Waals surface area contributed by atoms with E-state index in [1.807, 2.05) is 12.1 Å². The van der Waals surface area contributed by atoms with Crippen molar-refractivity contribution < 1.29 is 18.5 Å².